The van der Waals surface area contributed by atoms with Crippen molar-refractivity contribution >= 4 is 11.3 Å². The van der Waals surface area contributed by atoms with Crippen LogP contribution in [0.3, 0.4) is 0 Å². The van der Waals surface area contributed by atoms with Crippen LogP contribution in [0.15, 0.2) is 28.1 Å². The molecule has 3 heterocycles. The molecule has 0 aliphatic carbocycles. The number of nitrogens with two attached hydrogens (primary N) is 1. The molecular weight excluding hydrogens is 258 g/mol. The number of aromatic nitrogens is 1. The minimum absolute atomic E-state index is 0.343. The second kappa shape index (κ2) is 5.45. The van der Waals surface area contributed by atoms with Crippen LogP contribution in [0, 0.1) is 5.92 Å². The molecule has 2 N–H and O–H groups in total. The SMILES string of the molecule is CC1CN(Cc2cc(-c3cccs3)on2)CCC1N. The Labute approximate surface area is 117 Å². The molecule has 3 rings (SSSR count). The van der Waals surface area contributed by atoms with Gasteiger partial charge in [0, 0.05) is 31.7 Å². The van der Waals surface area contributed by atoms with E-state index in [9.17, 15) is 0 Å². The van der Waals surface area contributed by atoms with Crippen molar-refractivity contribution in [3.63, 3.8) is 0 Å². The lowest BCUT2D eigenvalue weighted by Crippen LogP contribution is -2.45. The molecule has 0 aromatic carbocycles. The van der Waals surface area contributed by atoms with E-state index in [0.29, 0.717) is 12.0 Å². The standard InChI is InChI=1S/C14H19N3OS/c1-10-8-17(5-4-12(10)15)9-11-7-13(18-16-11)14-3-2-6-19-14/h2-3,6-7,10,12H,4-5,8-9,15H2,1H3. The van der Waals surface area contributed by atoms with E-state index < -0.39 is 0 Å². The Morgan fingerprint density at radius 2 is 2.47 bits per heavy atom. The van der Waals surface area contributed by atoms with Gasteiger partial charge in [-0.2, -0.15) is 0 Å². The van der Waals surface area contributed by atoms with E-state index in [4.69, 9.17) is 10.3 Å². The van der Waals surface area contributed by atoms with Gasteiger partial charge in [0.25, 0.3) is 0 Å². The maximum atomic E-state index is 6.04. The highest BCUT2D eigenvalue weighted by molar-refractivity contribution is 7.13. The van der Waals surface area contributed by atoms with Crippen LogP contribution in [0.25, 0.3) is 10.6 Å². The molecule has 2 aromatic heterocycles. The van der Waals surface area contributed by atoms with Crippen molar-refractivity contribution in [3.05, 3.63) is 29.3 Å². The van der Waals surface area contributed by atoms with E-state index >= 15 is 0 Å². The second-order valence-corrected chi connectivity index (χ2v) is 6.27. The Kier molecular flexibility index (Phi) is 3.68. The van der Waals surface area contributed by atoms with Gasteiger partial charge in [0.1, 0.15) is 0 Å². The Morgan fingerprint density at radius 1 is 1.58 bits per heavy atom. The Bertz CT molecular complexity index is 523. The Morgan fingerprint density at radius 3 is 3.21 bits per heavy atom. The molecule has 2 unspecified atom stereocenters. The van der Waals surface area contributed by atoms with Crippen molar-refractivity contribution in [2.75, 3.05) is 13.1 Å². The van der Waals surface area contributed by atoms with Crippen LogP contribution in [-0.2, 0) is 6.54 Å². The van der Waals surface area contributed by atoms with Gasteiger partial charge in [0.15, 0.2) is 5.76 Å². The van der Waals surface area contributed by atoms with E-state index in [-0.39, 0.29) is 0 Å². The third-order valence-corrected chi connectivity index (χ3v) is 4.65. The molecule has 0 amide bonds. The largest absolute Gasteiger partial charge is 0.355 e. The van der Waals surface area contributed by atoms with Crippen LogP contribution >= 0.6 is 11.3 Å². The second-order valence-electron chi connectivity index (χ2n) is 5.32. The minimum Gasteiger partial charge on any atom is -0.355 e. The lowest BCUT2D eigenvalue weighted by molar-refractivity contribution is 0.154. The van der Waals surface area contributed by atoms with E-state index in [1.54, 1.807) is 11.3 Å². The average Bonchev–Trinajstić information content (AvgIpc) is 3.04. The maximum absolute atomic E-state index is 6.04. The smallest absolute Gasteiger partial charge is 0.177 e. The summed E-state index contributed by atoms with van der Waals surface area (Å²) in [7, 11) is 0. The third kappa shape index (κ3) is 2.88. The number of likely N-dealkylation sites (tertiary alicyclic amines) is 1. The highest BCUT2D eigenvalue weighted by atomic mass is 32.1. The summed E-state index contributed by atoms with van der Waals surface area (Å²) in [5.74, 6) is 1.42. The van der Waals surface area contributed by atoms with Crippen molar-refractivity contribution in [2.45, 2.75) is 25.9 Å². The Hall–Kier alpha value is -1.17. The molecule has 1 aliphatic heterocycles. The highest BCUT2D eigenvalue weighted by Gasteiger charge is 2.23. The van der Waals surface area contributed by atoms with E-state index in [2.05, 4.69) is 23.0 Å². The average molecular weight is 277 g/mol. The number of hydrogen-bond donors (Lipinski definition) is 1. The molecule has 5 heteroatoms. The lowest BCUT2D eigenvalue weighted by atomic mass is 9.95. The first-order valence-electron chi connectivity index (χ1n) is 6.70. The first-order chi connectivity index (χ1) is 9.22. The number of hydrogen-bond acceptors (Lipinski definition) is 5. The van der Waals surface area contributed by atoms with Gasteiger partial charge >= 0.3 is 0 Å². The summed E-state index contributed by atoms with van der Waals surface area (Å²) in [5.41, 5.74) is 7.05. The maximum Gasteiger partial charge on any atom is 0.177 e. The van der Waals surface area contributed by atoms with Crippen LogP contribution < -0.4 is 5.73 Å². The zero-order valence-electron chi connectivity index (χ0n) is 11.1. The first-order valence-corrected chi connectivity index (χ1v) is 7.58. The van der Waals surface area contributed by atoms with Gasteiger partial charge in [0.05, 0.1) is 10.6 Å². The fourth-order valence-electron chi connectivity index (χ4n) is 2.54. The zero-order chi connectivity index (χ0) is 13.2. The van der Waals surface area contributed by atoms with E-state index in [1.165, 1.54) is 0 Å². The quantitative estimate of drug-likeness (QED) is 0.937. The van der Waals surface area contributed by atoms with E-state index in [1.807, 2.05) is 17.5 Å². The van der Waals surface area contributed by atoms with Gasteiger partial charge in [0.2, 0.25) is 0 Å². The van der Waals surface area contributed by atoms with Gasteiger partial charge < -0.3 is 10.3 Å². The molecule has 19 heavy (non-hydrogen) atoms. The fourth-order valence-corrected chi connectivity index (χ4v) is 3.22. The molecule has 0 spiro atoms. The van der Waals surface area contributed by atoms with Crippen LogP contribution in [0.4, 0.5) is 0 Å². The molecule has 0 radical (unpaired) electrons. The van der Waals surface area contributed by atoms with Crippen molar-refractivity contribution < 1.29 is 4.52 Å². The van der Waals surface area contributed by atoms with Crippen molar-refractivity contribution in [3.8, 4) is 10.6 Å². The summed E-state index contributed by atoms with van der Waals surface area (Å²) in [5, 5.41) is 6.22. The van der Waals surface area contributed by atoms with Crippen LogP contribution in [-0.4, -0.2) is 29.2 Å². The van der Waals surface area contributed by atoms with Gasteiger partial charge in [-0.05, 0) is 23.8 Å². The summed E-state index contributed by atoms with van der Waals surface area (Å²) >= 11 is 1.67. The summed E-state index contributed by atoms with van der Waals surface area (Å²) in [6, 6.07) is 6.47. The molecule has 2 aromatic rings. The van der Waals surface area contributed by atoms with Crippen molar-refractivity contribution in [2.24, 2.45) is 11.7 Å². The lowest BCUT2D eigenvalue weighted by Gasteiger charge is -2.34. The monoisotopic (exact) mass is 277 g/mol. The number of thiophene rings is 1. The van der Waals surface area contributed by atoms with Gasteiger partial charge in [-0.15, -0.1) is 11.3 Å². The third-order valence-electron chi connectivity index (χ3n) is 3.76. The number of nitrogens with zero attached hydrogens (tertiary/aromatic N) is 2. The van der Waals surface area contributed by atoms with Gasteiger partial charge in [-0.1, -0.05) is 18.1 Å². The zero-order valence-corrected chi connectivity index (χ0v) is 11.9. The number of piperidine rings is 1. The van der Waals surface area contributed by atoms with Crippen LogP contribution in [0.2, 0.25) is 0 Å². The predicted octanol–water partition coefficient (Wildman–Crippen LogP) is 2.57. The molecule has 1 saturated heterocycles. The molecule has 0 saturated carbocycles. The summed E-state index contributed by atoms with van der Waals surface area (Å²) in [6.45, 7) is 5.16. The summed E-state index contributed by atoms with van der Waals surface area (Å²) in [6.07, 6.45) is 1.07. The molecule has 2 atom stereocenters. The normalized spacial score (nSPS) is 24.7. The molecule has 102 valence electrons. The molecule has 1 aliphatic rings. The number of rotatable bonds is 3. The molecule has 4 nitrogen and oxygen atoms in total. The minimum atomic E-state index is 0.343. The van der Waals surface area contributed by atoms with E-state index in [0.717, 1.165) is 42.4 Å². The van der Waals surface area contributed by atoms with Crippen LogP contribution in [0.5, 0.6) is 0 Å². The highest BCUT2D eigenvalue weighted by Crippen LogP contribution is 2.26. The molecule has 0 bridgehead atoms. The van der Waals surface area contributed by atoms with Crippen molar-refractivity contribution in [1.82, 2.24) is 10.1 Å². The molecular formula is C14H19N3OS. The van der Waals surface area contributed by atoms with Crippen molar-refractivity contribution in [1.29, 1.82) is 0 Å². The fraction of sp³-hybridized carbons (Fsp3) is 0.500. The Balaban J connectivity index is 1.64. The first kappa shape index (κ1) is 12.8. The van der Waals surface area contributed by atoms with Crippen LogP contribution in [0.1, 0.15) is 19.0 Å². The summed E-state index contributed by atoms with van der Waals surface area (Å²) in [4.78, 5) is 3.54. The van der Waals surface area contributed by atoms with Gasteiger partial charge in [-0.3, -0.25) is 4.90 Å². The predicted molar refractivity (Wildman–Crippen MR) is 76.8 cm³/mol. The topological polar surface area (TPSA) is 55.3 Å². The molecule has 1 fully saturated rings. The summed E-state index contributed by atoms with van der Waals surface area (Å²) < 4.78 is 5.41. The van der Waals surface area contributed by atoms with Gasteiger partial charge in [-0.25, -0.2) is 0 Å².